The number of aliphatic carboxylic acids is 1. The van der Waals surface area contributed by atoms with Gasteiger partial charge in [0, 0.05) is 10.8 Å². The molecule has 0 aliphatic carbocycles. The number of hydrogen-bond donors (Lipinski definition) is 1. The van der Waals surface area contributed by atoms with E-state index < -0.39 is 11.2 Å². The molecule has 1 atom stereocenters. The molecule has 0 saturated carbocycles. The standard InChI is InChI=1S/C12H13ClO2S/c1-9(13)8-16-11(12(14)15)7-10-5-3-2-4-6-10/h2-6,11H,1,7-8H2,(H,14,15). The van der Waals surface area contributed by atoms with Crippen molar-refractivity contribution in [1.82, 2.24) is 0 Å². The lowest BCUT2D eigenvalue weighted by atomic mass is 10.1. The van der Waals surface area contributed by atoms with Crippen LogP contribution in [0.4, 0.5) is 0 Å². The number of carbonyl (C=O) groups is 1. The zero-order valence-electron chi connectivity index (χ0n) is 8.73. The number of thioether (sulfide) groups is 1. The highest BCUT2D eigenvalue weighted by atomic mass is 35.5. The van der Waals surface area contributed by atoms with Gasteiger partial charge in [-0.1, -0.05) is 48.5 Å². The average molecular weight is 257 g/mol. The summed E-state index contributed by atoms with van der Waals surface area (Å²) in [6, 6.07) is 9.56. The van der Waals surface area contributed by atoms with Crippen molar-refractivity contribution in [2.45, 2.75) is 11.7 Å². The van der Waals surface area contributed by atoms with Gasteiger partial charge in [0.2, 0.25) is 0 Å². The molecule has 1 N–H and O–H groups in total. The fourth-order valence-electron chi connectivity index (χ4n) is 1.24. The van der Waals surface area contributed by atoms with Gasteiger partial charge >= 0.3 is 5.97 Å². The summed E-state index contributed by atoms with van der Waals surface area (Å²) in [7, 11) is 0. The normalized spacial score (nSPS) is 12.1. The maximum absolute atomic E-state index is 11.0. The van der Waals surface area contributed by atoms with Crippen LogP contribution in [-0.2, 0) is 11.2 Å². The predicted molar refractivity (Wildman–Crippen MR) is 69.0 cm³/mol. The highest BCUT2D eigenvalue weighted by Crippen LogP contribution is 2.20. The Kier molecular flexibility index (Phi) is 5.43. The van der Waals surface area contributed by atoms with Crippen molar-refractivity contribution in [3.63, 3.8) is 0 Å². The van der Waals surface area contributed by atoms with Gasteiger partial charge in [-0.05, 0) is 12.0 Å². The Balaban J connectivity index is 2.58. The fraction of sp³-hybridized carbons (Fsp3) is 0.250. The molecule has 1 unspecified atom stereocenters. The van der Waals surface area contributed by atoms with Crippen LogP contribution in [0.1, 0.15) is 5.56 Å². The van der Waals surface area contributed by atoms with Crippen LogP contribution in [0, 0.1) is 0 Å². The Hall–Kier alpha value is -0.930. The van der Waals surface area contributed by atoms with Crippen LogP contribution < -0.4 is 0 Å². The lowest BCUT2D eigenvalue weighted by Crippen LogP contribution is -2.19. The molecule has 0 heterocycles. The van der Waals surface area contributed by atoms with Gasteiger partial charge in [-0.25, -0.2) is 0 Å². The average Bonchev–Trinajstić information content (AvgIpc) is 2.25. The van der Waals surface area contributed by atoms with Gasteiger partial charge in [-0.3, -0.25) is 4.79 Å². The molecule has 0 aromatic heterocycles. The Bertz CT molecular complexity index is 365. The minimum Gasteiger partial charge on any atom is -0.480 e. The first-order valence-electron chi connectivity index (χ1n) is 4.81. The first-order chi connectivity index (χ1) is 7.59. The molecule has 1 aromatic carbocycles. The molecule has 0 spiro atoms. The van der Waals surface area contributed by atoms with E-state index in [1.54, 1.807) is 0 Å². The second-order valence-electron chi connectivity index (χ2n) is 3.34. The van der Waals surface area contributed by atoms with E-state index in [9.17, 15) is 4.79 Å². The molecule has 0 bridgehead atoms. The Morgan fingerprint density at radius 1 is 1.44 bits per heavy atom. The van der Waals surface area contributed by atoms with E-state index in [1.807, 2.05) is 30.3 Å². The van der Waals surface area contributed by atoms with Crippen molar-refractivity contribution < 1.29 is 9.90 Å². The van der Waals surface area contributed by atoms with Gasteiger partial charge in [0.25, 0.3) is 0 Å². The molecular formula is C12H13ClO2S. The smallest absolute Gasteiger partial charge is 0.316 e. The minimum atomic E-state index is -0.813. The SMILES string of the molecule is C=C(Cl)CSC(Cc1ccccc1)C(=O)O. The lowest BCUT2D eigenvalue weighted by Gasteiger charge is -2.11. The van der Waals surface area contributed by atoms with Crippen molar-refractivity contribution >= 4 is 29.3 Å². The summed E-state index contributed by atoms with van der Waals surface area (Å²) in [5.41, 5.74) is 1.02. The lowest BCUT2D eigenvalue weighted by molar-refractivity contribution is -0.136. The highest BCUT2D eigenvalue weighted by Gasteiger charge is 2.18. The molecule has 0 saturated heterocycles. The summed E-state index contributed by atoms with van der Waals surface area (Å²) in [6.07, 6.45) is 0.505. The summed E-state index contributed by atoms with van der Waals surface area (Å²) >= 11 is 6.92. The third-order valence-corrected chi connectivity index (χ3v) is 3.56. The zero-order chi connectivity index (χ0) is 12.0. The van der Waals surface area contributed by atoms with E-state index in [4.69, 9.17) is 16.7 Å². The number of benzene rings is 1. The molecular weight excluding hydrogens is 244 g/mol. The van der Waals surface area contributed by atoms with Crippen LogP contribution in [0.2, 0.25) is 0 Å². The second-order valence-corrected chi connectivity index (χ2v) is 5.07. The molecule has 4 heteroatoms. The zero-order valence-corrected chi connectivity index (χ0v) is 10.3. The van der Waals surface area contributed by atoms with Gasteiger partial charge in [0.1, 0.15) is 5.25 Å². The topological polar surface area (TPSA) is 37.3 Å². The van der Waals surface area contributed by atoms with Gasteiger partial charge in [0.15, 0.2) is 0 Å². The first-order valence-corrected chi connectivity index (χ1v) is 6.24. The van der Waals surface area contributed by atoms with Crippen LogP contribution in [0.5, 0.6) is 0 Å². The molecule has 1 aromatic rings. The van der Waals surface area contributed by atoms with E-state index in [2.05, 4.69) is 6.58 Å². The van der Waals surface area contributed by atoms with E-state index in [1.165, 1.54) is 11.8 Å². The van der Waals surface area contributed by atoms with Crippen LogP contribution >= 0.6 is 23.4 Å². The second kappa shape index (κ2) is 6.61. The Labute approximate surface area is 104 Å². The summed E-state index contributed by atoms with van der Waals surface area (Å²) < 4.78 is 0. The number of halogens is 1. The quantitative estimate of drug-likeness (QED) is 0.850. The monoisotopic (exact) mass is 256 g/mol. The van der Waals surface area contributed by atoms with Crippen molar-refractivity contribution in [1.29, 1.82) is 0 Å². The molecule has 0 radical (unpaired) electrons. The summed E-state index contributed by atoms with van der Waals surface area (Å²) in [6.45, 7) is 3.55. The maximum atomic E-state index is 11.0. The minimum absolute atomic E-state index is 0.464. The van der Waals surface area contributed by atoms with Crippen LogP contribution in [0.15, 0.2) is 41.9 Å². The van der Waals surface area contributed by atoms with E-state index >= 15 is 0 Å². The van der Waals surface area contributed by atoms with Gasteiger partial charge in [0.05, 0.1) is 0 Å². The van der Waals surface area contributed by atoms with Gasteiger partial charge in [-0.15, -0.1) is 11.8 Å². The predicted octanol–water partition coefficient (Wildman–Crippen LogP) is 3.17. The largest absolute Gasteiger partial charge is 0.480 e. The van der Waals surface area contributed by atoms with Crippen molar-refractivity contribution in [2.75, 3.05) is 5.75 Å². The van der Waals surface area contributed by atoms with Gasteiger partial charge in [-0.2, -0.15) is 0 Å². The summed E-state index contributed by atoms with van der Waals surface area (Å²) in [5.74, 6) is -0.350. The number of carboxylic acids is 1. The van der Waals surface area contributed by atoms with Crippen LogP contribution in [0.25, 0.3) is 0 Å². The number of hydrogen-bond acceptors (Lipinski definition) is 2. The third-order valence-electron chi connectivity index (χ3n) is 1.98. The molecule has 0 amide bonds. The molecule has 1 rings (SSSR count). The first kappa shape index (κ1) is 13.1. The molecule has 0 fully saturated rings. The van der Waals surface area contributed by atoms with Crippen LogP contribution in [-0.4, -0.2) is 22.1 Å². The number of carboxylic acid groups (broad SMARTS) is 1. The van der Waals surface area contributed by atoms with E-state index in [0.717, 1.165) is 5.56 Å². The Morgan fingerprint density at radius 3 is 2.56 bits per heavy atom. The van der Waals surface area contributed by atoms with Crippen molar-refractivity contribution in [3.05, 3.63) is 47.5 Å². The molecule has 0 aliphatic rings. The third kappa shape index (κ3) is 4.73. The highest BCUT2D eigenvalue weighted by molar-refractivity contribution is 8.00. The van der Waals surface area contributed by atoms with Crippen LogP contribution in [0.3, 0.4) is 0 Å². The maximum Gasteiger partial charge on any atom is 0.316 e. The van der Waals surface area contributed by atoms with E-state index in [0.29, 0.717) is 17.2 Å². The summed E-state index contributed by atoms with van der Waals surface area (Å²) in [5, 5.41) is 9.06. The van der Waals surface area contributed by atoms with E-state index in [-0.39, 0.29) is 0 Å². The summed E-state index contributed by atoms with van der Waals surface area (Å²) in [4.78, 5) is 11.0. The molecule has 2 nitrogen and oxygen atoms in total. The molecule has 16 heavy (non-hydrogen) atoms. The van der Waals surface area contributed by atoms with Crippen molar-refractivity contribution in [3.8, 4) is 0 Å². The molecule has 86 valence electrons. The Morgan fingerprint density at radius 2 is 2.06 bits per heavy atom. The number of rotatable bonds is 6. The fourth-order valence-corrected chi connectivity index (χ4v) is 2.26. The van der Waals surface area contributed by atoms with Crippen molar-refractivity contribution in [2.24, 2.45) is 0 Å². The molecule has 0 aliphatic heterocycles. The van der Waals surface area contributed by atoms with Gasteiger partial charge < -0.3 is 5.11 Å².